The number of carbonyl (C=O) groups is 4. The van der Waals surface area contributed by atoms with Crippen molar-refractivity contribution in [3.8, 4) is 21.0 Å². The second-order valence-electron chi connectivity index (χ2n) is 12.0. The zero-order valence-corrected chi connectivity index (χ0v) is 34.5. The van der Waals surface area contributed by atoms with Crippen LogP contribution in [0.15, 0.2) is 49.2 Å². The Bertz CT molecular complexity index is 1760. The number of rotatable bonds is 7. The van der Waals surface area contributed by atoms with Crippen LogP contribution in [0.2, 0.25) is 0 Å². The lowest BCUT2D eigenvalue weighted by molar-refractivity contribution is -0.130. The molecule has 0 unspecified atom stereocenters. The maximum Gasteiger partial charge on any atom is 0.407 e. The Morgan fingerprint density at radius 1 is 0.815 bits per heavy atom. The first kappa shape index (κ1) is 45.4. The molecule has 0 aliphatic carbocycles. The smallest absolute Gasteiger partial charge is 0.407 e. The number of hydrogen-bond donors (Lipinski definition) is 4. The number of thiophene rings is 2. The number of amides is 4. The third kappa shape index (κ3) is 14.9. The molecule has 2 fully saturated rings. The summed E-state index contributed by atoms with van der Waals surface area (Å²) in [5.41, 5.74) is 4.39. The summed E-state index contributed by atoms with van der Waals surface area (Å²) < 4.78 is 6.97. The fourth-order valence-corrected chi connectivity index (χ4v) is 7.46. The van der Waals surface area contributed by atoms with E-state index in [9.17, 15) is 19.2 Å². The standard InChI is InChI=1S/C16H10N4S2.C8H14N2O3.C7H12N2O2.2C3H8.C2H6/c1-2-10-11(20-8-19-10)3-9(1)13-4-15-16(21-13)5-14(22-15)12-6-17-7-18-12;1-13-8(12)9-6-7(11)10-4-2-3-5-10;10-6-8-5-7(11)9-3-1-2-4-9;2*1-3-2;1-2/h1-8H,(H,17,18)(H,19,20);2-6H2,1H3,(H,9,12);6H,1-5H2,(H,8,10);2*3H2,1-2H3;1-2H3. The molecule has 54 heavy (non-hydrogen) atoms. The molecule has 15 heteroatoms. The van der Waals surface area contributed by atoms with Gasteiger partial charge < -0.3 is 35.1 Å². The van der Waals surface area contributed by atoms with Gasteiger partial charge in [-0.1, -0.05) is 60.5 Å². The summed E-state index contributed by atoms with van der Waals surface area (Å²) >= 11 is 3.62. The minimum absolute atomic E-state index is 0.0228. The Morgan fingerprint density at radius 2 is 1.37 bits per heavy atom. The molecule has 4 amide bonds. The molecule has 13 nitrogen and oxygen atoms in total. The Balaban J connectivity index is 0.000000272. The van der Waals surface area contributed by atoms with Crippen LogP contribution in [0.5, 0.6) is 0 Å². The van der Waals surface area contributed by atoms with Crippen molar-refractivity contribution in [3.63, 3.8) is 0 Å². The molecule has 4 N–H and O–H groups in total. The van der Waals surface area contributed by atoms with E-state index >= 15 is 0 Å². The number of H-pyrrole nitrogens is 2. The van der Waals surface area contributed by atoms with E-state index in [2.05, 4.69) is 93.3 Å². The minimum atomic E-state index is -0.562. The predicted octanol–water partition coefficient (Wildman–Crippen LogP) is 8.07. The van der Waals surface area contributed by atoms with Crippen LogP contribution in [0, 0.1) is 0 Å². The highest BCUT2D eigenvalue weighted by atomic mass is 32.1. The third-order valence-electron chi connectivity index (χ3n) is 7.50. The predicted molar refractivity (Wildman–Crippen MR) is 222 cm³/mol. The van der Waals surface area contributed by atoms with Gasteiger partial charge in [0.05, 0.1) is 54.1 Å². The van der Waals surface area contributed by atoms with Crippen LogP contribution in [0.4, 0.5) is 4.79 Å². The molecule has 0 atom stereocenters. The number of ether oxygens (including phenoxy) is 1. The van der Waals surface area contributed by atoms with Crippen molar-refractivity contribution in [2.24, 2.45) is 0 Å². The molecular formula is C39H58N8O5S2. The zero-order chi connectivity index (χ0) is 39.7. The number of likely N-dealkylation sites (tertiary alicyclic amines) is 2. The normalized spacial score (nSPS) is 12.6. The fourth-order valence-electron chi connectivity index (χ4n) is 5.10. The number of carbonyl (C=O) groups excluding carboxylic acids is 4. The molecule has 4 aromatic heterocycles. The van der Waals surface area contributed by atoms with Gasteiger partial charge in [-0.25, -0.2) is 14.8 Å². The molecule has 2 aliphatic rings. The van der Waals surface area contributed by atoms with Crippen molar-refractivity contribution < 1.29 is 23.9 Å². The lowest BCUT2D eigenvalue weighted by Gasteiger charge is -2.14. The molecule has 0 saturated carbocycles. The summed E-state index contributed by atoms with van der Waals surface area (Å²) in [6.45, 7) is 16.0. The van der Waals surface area contributed by atoms with E-state index in [0.29, 0.717) is 6.41 Å². The SMILES string of the molecule is CC.CCC.CCC.COC(=O)NCC(=O)N1CCCC1.O=CNCC(=O)N1CCCC1.c1ncc(-c2cc3sc(-c4ccc5nc[nH]c5c4)cc3s2)[nH]1. The number of nitrogens with zero attached hydrogens (tertiary/aromatic N) is 4. The highest BCUT2D eigenvalue weighted by Crippen LogP contribution is 2.41. The molecule has 0 radical (unpaired) electrons. The number of alkyl carbamates (subject to hydrolysis) is 1. The van der Waals surface area contributed by atoms with Crippen LogP contribution < -0.4 is 10.6 Å². The van der Waals surface area contributed by atoms with Crippen molar-refractivity contribution in [2.45, 2.75) is 80.1 Å². The fraction of sp³-hybridized carbons (Fsp3) is 0.487. The first-order valence-corrected chi connectivity index (χ1v) is 20.4. The van der Waals surface area contributed by atoms with Gasteiger partial charge >= 0.3 is 6.09 Å². The number of hydrogen-bond acceptors (Lipinski definition) is 9. The molecule has 2 aliphatic heterocycles. The summed E-state index contributed by atoms with van der Waals surface area (Å²) in [6, 6.07) is 10.9. The number of fused-ring (bicyclic) bond motifs is 2. The van der Waals surface area contributed by atoms with E-state index in [1.165, 1.54) is 44.7 Å². The van der Waals surface area contributed by atoms with Crippen molar-refractivity contribution in [1.82, 2.24) is 40.4 Å². The van der Waals surface area contributed by atoms with Crippen molar-refractivity contribution >= 4 is 67.4 Å². The second-order valence-corrected chi connectivity index (χ2v) is 14.2. The first-order valence-electron chi connectivity index (χ1n) is 18.8. The Kier molecular flexibility index (Phi) is 21.9. The van der Waals surface area contributed by atoms with Gasteiger partial charge in [0.1, 0.15) is 6.54 Å². The summed E-state index contributed by atoms with van der Waals surface area (Å²) in [7, 11) is 1.27. The van der Waals surface area contributed by atoms with Gasteiger partial charge in [0, 0.05) is 40.5 Å². The largest absolute Gasteiger partial charge is 0.453 e. The lowest BCUT2D eigenvalue weighted by Crippen LogP contribution is -2.38. The number of imidazole rings is 2. The highest BCUT2D eigenvalue weighted by Gasteiger charge is 2.18. The maximum atomic E-state index is 11.3. The Hall–Kier alpha value is -4.76. The van der Waals surface area contributed by atoms with Gasteiger partial charge in [-0.15, -0.1) is 22.7 Å². The highest BCUT2D eigenvalue weighted by molar-refractivity contribution is 7.31. The van der Waals surface area contributed by atoms with Gasteiger partial charge in [0.15, 0.2) is 0 Å². The van der Waals surface area contributed by atoms with Crippen LogP contribution in [0.25, 0.3) is 41.4 Å². The number of aromatic nitrogens is 4. The molecule has 5 aromatic rings. The van der Waals surface area contributed by atoms with Crippen molar-refractivity contribution in [1.29, 1.82) is 0 Å². The summed E-state index contributed by atoms with van der Waals surface area (Å²) in [4.78, 5) is 63.6. The van der Waals surface area contributed by atoms with Gasteiger partial charge in [-0.2, -0.15) is 0 Å². The molecule has 2 saturated heterocycles. The molecule has 0 spiro atoms. The van der Waals surface area contributed by atoms with E-state index in [0.717, 1.165) is 68.6 Å². The van der Waals surface area contributed by atoms with Crippen LogP contribution in [-0.4, -0.2) is 100 Å². The van der Waals surface area contributed by atoms with Gasteiger partial charge in [0.25, 0.3) is 0 Å². The molecule has 296 valence electrons. The number of methoxy groups -OCH3 is 1. The van der Waals surface area contributed by atoms with Gasteiger partial charge in [0.2, 0.25) is 18.2 Å². The third-order valence-corrected chi connectivity index (χ3v) is 9.87. The minimum Gasteiger partial charge on any atom is -0.453 e. The topological polar surface area (TPSA) is 165 Å². The van der Waals surface area contributed by atoms with Crippen LogP contribution in [0.3, 0.4) is 0 Å². The maximum absolute atomic E-state index is 11.3. The zero-order valence-electron chi connectivity index (χ0n) is 32.8. The summed E-state index contributed by atoms with van der Waals surface area (Å²) in [6.07, 6.45) is 12.1. The Morgan fingerprint density at radius 3 is 1.91 bits per heavy atom. The first-order chi connectivity index (χ1) is 26.3. The van der Waals surface area contributed by atoms with Crippen LogP contribution in [-0.2, 0) is 19.1 Å². The number of nitrogens with one attached hydrogen (secondary N) is 4. The van der Waals surface area contributed by atoms with Crippen LogP contribution in [0.1, 0.15) is 80.1 Å². The average molecular weight is 783 g/mol. The summed E-state index contributed by atoms with van der Waals surface area (Å²) in [5.74, 6) is -0.0162. The van der Waals surface area contributed by atoms with Gasteiger partial charge in [-0.3, -0.25) is 14.4 Å². The average Bonchev–Trinajstić information content (AvgIpc) is 4.04. The van der Waals surface area contributed by atoms with E-state index < -0.39 is 6.09 Å². The van der Waals surface area contributed by atoms with Gasteiger partial charge in [-0.05, 0) is 55.5 Å². The molecular weight excluding hydrogens is 725 g/mol. The monoisotopic (exact) mass is 782 g/mol. The van der Waals surface area contributed by atoms with E-state index in [-0.39, 0.29) is 24.9 Å². The van der Waals surface area contributed by atoms with E-state index in [4.69, 9.17) is 0 Å². The number of benzene rings is 1. The van der Waals surface area contributed by atoms with Crippen LogP contribution >= 0.6 is 22.7 Å². The molecule has 7 rings (SSSR count). The summed E-state index contributed by atoms with van der Waals surface area (Å²) in [5, 5.41) is 4.71. The quantitative estimate of drug-likeness (QED) is 0.121. The van der Waals surface area contributed by atoms with Crippen molar-refractivity contribution in [2.75, 3.05) is 46.4 Å². The lowest BCUT2D eigenvalue weighted by atomic mass is 10.1. The molecule has 6 heterocycles. The molecule has 1 aromatic carbocycles. The second kappa shape index (κ2) is 26.1. The van der Waals surface area contributed by atoms with E-state index in [1.807, 2.05) is 31.4 Å². The van der Waals surface area contributed by atoms with Crippen molar-refractivity contribution in [3.05, 3.63) is 49.2 Å². The van der Waals surface area contributed by atoms with E-state index in [1.54, 1.807) is 33.8 Å². The molecule has 0 bridgehead atoms. The Labute approximate surface area is 327 Å². The number of aromatic amines is 2.